The number of hydrogen-bond acceptors (Lipinski definition) is 4. The summed E-state index contributed by atoms with van der Waals surface area (Å²) < 4.78 is 10.6. The van der Waals surface area contributed by atoms with Crippen molar-refractivity contribution >= 4 is 16.9 Å². The van der Waals surface area contributed by atoms with Crippen LogP contribution in [0.2, 0.25) is 0 Å². The van der Waals surface area contributed by atoms with E-state index >= 15 is 0 Å². The smallest absolute Gasteiger partial charge is 0.379 e. The van der Waals surface area contributed by atoms with E-state index in [9.17, 15) is 9.59 Å². The lowest BCUT2D eigenvalue weighted by Crippen LogP contribution is -2.12. The summed E-state index contributed by atoms with van der Waals surface area (Å²) in [5.41, 5.74) is 1.15. The van der Waals surface area contributed by atoms with Crippen molar-refractivity contribution in [3.63, 3.8) is 0 Å². The molecule has 0 atom stereocenters. The molecule has 0 saturated carbocycles. The molecule has 2 aromatic carbocycles. The highest BCUT2D eigenvalue weighted by Gasteiger charge is 2.14. The van der Waals surface area contributed by atoms with E-state index in [0.717, 1.165) is 11.6 Å². The largest absolute Gasteiger partial charge is 0.449 e. The van der Waals surface area contributed by atoms with Crippen LogP contribution in [-0.4, -0.2) is 5.97 Å². The van der Waals surface area contributed by atoms with E-state index in [4.69, 9.17) is 9.15 Å². The van der Waals surface area contributed by atoms with E-state index in [2.05, 4.69) is 0 Å². The highest BCUT2D eigenvalue weighted by Crippen LogP contribution is 2.16. The number of aryl methyl sites for hydroxylation is 1. The van der Waals surface area contributed by atoms with Crippen LogP contribution in [0.15, 0.2) is 63.8 Å². The SMILES string of the molecule is Cc1ccc(OC(=O)c2cc(=O)c3ccccc3o2)cc1. The van der Waals surface area contributed by atoms with Gasteiger partial charge in [0.1, 0.15) is 11.3 Å². The Bertz CT molecular complexity index is 860. The molecule has 1 heterocycles. The molecule has 0 spiro atoms. The van der Waals surface area contributed by atoms with E-state index in [1.165, 1.54) is 0 Å². The lowest BCUT2D eigenvalue weighted by atomic mass is 10.2. The first-order valence-corrected chi connectivity index (χ1v) is 6.45. The number of hydrogen-bond donors (Lipinski definition) is 0. The Balaban J connectivity index is 1.94. The third-order valence-electron chi connectivity index (χ3n) is 3.07. The molecule has 104 valence electrons. The molecule has 0 saturated heterocycles. The van der Waals surface area contributed by atoms with Crippen LogP contribution in [0, 0.1) is 6.92 Å². The molecule has 0 fully saturated rings. The number of carbonyl (C=O) groups is 1. The fraction of sp³-hybridized carbons (Fsp3) is 0.0588. The standard InChI is InChI=1S/C17H12O4/c1-11-6-8-12(9-7-11)20-17(19)16-10-14(18)13-4-2-3-5-15(13)21-16/h2-10H,1H3. The first-order chi connectivity index (χ1) is 10.1. The summed E-state index contributed by atoms with van der Waals surface area (Å²) in [6.07, 6.45) is 0. The molecular weight excluding hydrogens is 268 g/mol. The zero-order chi connectivity index (χ0) is 14.8. The van der Waals surface area contributed by atoms with E-state index in [0.29, 0.717) is 16.7 Å². The second kappa shape index (κ2) is 5.25. The summed E-state index contributed by atoms with van der Waals surface area (Å²) in [4.78, 5) is 24.0. The molecule has 0 aliphatic carbocycles. The zero-order valence-electron chi connectivity index (χ0n) is 11.3. The number of ether oxygens (including phenoxy) is 1. The van der Waals surface area contributed by atoms with Gasteiger partial charge in [-0.3, -0.25) is 4.79 Å². The van der Waals surface area contributed by atoms with Crippen LogP contribution in [0.5, 0.6) is 5.75 Å². The lowest BCUT2D eigenvalue weighted by Gasteiger charge is -2.04. The van der Waals surface area contributed by atoms with Crippen molar-refractivity contribution in [1.29, 1.82) is 0 Å². The van der Waals surface area contributed by atoms with Gasteiger partial charge in [-0.25, -0.2) is 4.79 Å². The minimum absolute atomic E-state index is 0.112. The van der Waals surface area contributed by atoms with Crippen molar-refractivity contribution in [2.45, 2.75) is 6.92 Å². The minimum atomic E-state index is -0.693. The highest BCUT2D eigenvalue weighted by molar-refractivity contribution is 5.90. The van der Waals surface area contributed by atoms with E-state index in [1.807, 2.05) is 19.1 Å². The Kier molecular flexibility index (Phi) is 3.28. The van der Waals surface area contributed by atoms with Crippen LogP contribution < -0.4 is 10.2 Å². The molecule has 21 heavy (non-hydrogen) atoms. The number of esters is 1. The number of fused-ring (bicyclic) bond motifs is 1. The van der Waals surface area contributed by atoms with Gasteiger partial charge in [-0.15, -0.1) is 0 Å². The van der Waals surface area contributed by atoms with E-state index in [1.54, 1.807) is 36.4 Å². The van der Waals surface area contributed by atoms with Crippen LogP contribution in [0.1, 0.15) is 16.1 Å². The highest BCUT2D eigenvalue weighted by atomic mass is 16.5. The predicted molar refractivity (Wildman–Crippen MR) is 78.6 cm³/mol. The van der Waals surface area contributed by atoms with Crippen molar-refractivity contribution in [2.24, 2.45) is 0 Å². The molecule has 3 rings (SSSR count). The Morgan fingerprint density at radius 3 is 2.52 bits per heavy atom. The molecule has 0 amide bonds. The van der Waals surface area contributed by atoms with E-state index < -0.39 is 5.97 Å². The molecule has 0 N–H and O–H groups in total. The quantitative estimate of drug-likeness (QED) is 0.533. The van der Waals surface area contributed by atoms with Gasteiger partial charge in [0.25, 0.3) is 0 Å². The van der Waals surface area contributed by atoms with Gasteiger partial charge in [0.05, 0.1) is 5.39 Å². The number of para-hydroxylation sites is 1. The third kappa shape index (κ3) is 2.69. The molecule has 0 aliphatic heterocycles. The Morgan fingerprint density at radius 2 is 1.76 bits per heavy atom. The minimum Gasteiger partial charge on any atom is -0.449 e. The van der Waals surface area contributed by atoms with Crippen molar-refractivity contribution in [3.8, 4) is 5.75 Å². The molecule has 3 aromatic rings. The summed E-state index contributed by atoms with van der Waals surface area (Å²) >= 11 is 0. The molecule has 0 bridgehead atoms. The van der Waals surface area contributed by atoms with Crippen molar-refractivity contribution in [2.75, 3.05) is 0 Å². The van der Waals surface area contributed by atoms with Crippen molar-refractivity contribution in [1.82, 2.24) is 0 Å². The van der Waals surface area contributed by atoms with Crippen LogP contribution in [0.4, 0.5) is 0 Å². The first-order valence-electron chi connectivity index (χ1n) is 6.45. The topological polar surface area (TPSA) is 56.5 Å². The van der Waals surface area contributed by atoms with Crippen LogP contribution in [0.25, 0.3) is 11.0 Å². The van der Waals surface area contributed by atoms with Gasteiger partial charge in [-0.05, 0) is 31.2 Å². The second-order valence-corrected chi connectivity index (χ2v) is 4.67. The molecule has 4 heteroatoms. The van der Waals surface area contributed by atoms with Gasteiger partial charge < -0.3 is 9.15 Å². The number of benzene rings is 2. The summed E-state index contributed by atoms with van der Waals surface area (Å²) in [5.74, 6) is -0.401. The fourth-order valence-electron chi connectivity index (χ4n) is 1.97. The molecule has 4 nitrogen and oxygen atoms in total. The summed E-state index contributed by atoms with van der Waals surface area (Å²) in [6.45, 7) is 1.94. The average Bonchev–Trinajstić information content (AvgIpc) is 2.49. The summed E-state index contributed by atoms with van der Waals surface area (Å²) in [7, 11) is 0. The third-order valence-corrected chi connectivity index (χ3v) is 3.07. The second-order valence-electron chi connectivity index (χ2n) is 4.67. The monoisotopic (exact) mass is 280 g/mol. The van der Waals surface area contributed by atoms with Gasteiger partial charge >= 0.3 is 5.97 Å². The van der Waals surface area contributed by atoms with Gasteiger partial charge in [-0.1, -0.05) is 29.8 Å². The molecule has 0 unspecified atom stereocenters. The van der Waals surface area contributed by atoms with Crippen molar-refractivity contribution in [3.05, 3.63) is 76.1 Å². The maximum atomic E-state index is 12.0. The predicted octanol–water partition coefficient (Wildman–Crippen LogP) is 3.32. The number of carbonyl (C=O) groups excluding carboxylic acids is 1. The Hall–Kier alpha value is -2.88. The van der Waals surface area contributed by atoms with Crippen molar-refractivity contribution < 1.29 is 13.9 Å². The van der Waals surface area contributed by atoms with Gasteiger partial charge in [0, 0.05) is 6.07 Å². The molecule has 0 radical (unpaired) electrons. The van der Waals surface area contributed by atoms with Gasteiger partial charge in [0.15, 0.2) is 5.43 Å². The molecular formula is C17H12O4. The Labute approximate surface area is 120 Å². The Morgan fingerprint density at radius 1 is 1.05 bits per heavy atom. The van der Waals surface area contributed by atoms with Gasteiger partial charge in [0.2, 0.25) is 5.76 Å². The first kappa shape index (κ1) is 13.1. The summed E-state index contributed by atoms with van der Waals surface area (Å²) in [6, 6.07) is 15.0. The lowest BCUT2D eigenvalue weighted by molar-refractivity contribution is 0.0702. The molecule has 1 aromatic heterocycles. The summed E-state index contributed by atoms with van der Waals surface area (Å²) in [5, 5.41) is 0.435. The maximum absolute atomic E-state index is 12.0. The molecule has 0 aliphatic rings. The van der Waals surface area contributed by atoms with E-state index in [-0.39, 0.29) is 11.2 Å². The average molecular weight is 280 g/mol. The number of rotatable bonds is 2. The van der Waals surface area contributed by atoms with Crippen LogP contribution in [0.3, 0.4) is 0 Å². The normalized spacial score (nSPS) is 10.5. The fourth-order valence-corrected chi connectivity index (χ4v) is 1.97. The van der Waals surface area contributed by atoms with Crippen LogP contribution >= 0.6 is 0 Å². The van der Waals surface area contributed by atoms with Gasteiger partial charge in [-0.2, -0.15) is 0 Å². The maximum Gasteiger partial charge on any atom is 0.379 e. The zero-order valence-corrected chi connectivity index (χ0v) is 11.3. The van der Waals surface area contributed by atoms with Crippen LogP contribution in [-0.2, 0) is 0 Å².